The normalized spacial score (nSPS) is 11.3. The van der Waals surface area contributed by atoms with Gasteiger partial charge < -0.3 is 9.88 Å². The Morgan fingerprint density at radius 1 is 1.22 bits per heavy atom. The summed E-state index contributed by atoms with van der Waals surface area (Å²) < 4.78 is 24.7. The average Bonchev–Trinajstić information content (AvgIpc) is 2.48. The fourth-order valence-corrected chi connectivity index (χ4v) is 2.77. The third-order valence-electron chi connectivity index (χ3n) is 3.46. The summed E-state index contributed by atoms with van der Waals surface area (Å²) in [6.45, 7) is 4.05. The van der Waals surface area contributed by atoms with Crippen molar-refractivity contribution in [3.63, 3.8) is 0 Å². The molecule has 1 aromatic heterocycles. The van der Waals surface area contributed by atoms with Crippen LogP contribution in [-0.2, 0) is 16.4 Å². The summed E-state index contributed by atoms with van der Waals surface area (Å²) in [6.07, 6.45) is 2.65. The van der Waals surface area contributed by atoms with Crippen molar-refractivity contribution in [2.24, 2.45) is 0 Å². The Balaban J connectivity index is 2.36. The van der Waals surface area contributed by atoms with Gasteiger partial charge in [-0.2, -0.15) is 0 Å². The molecule has 6 nitrogen and oxygen atoms in total. The van der Waals surface area contributed by atoms with Gasteiger partial charge in [0.1, 0.15) is 0 Å². The van der Waals surface area contributed by atoms with E-state index in [1.165, 1.54) is 28.8 Å². The highest BCUT2D eigenvalue weighted by Crippen LogP contribution is 2.17. The molecule has 0 radical (unpaired) electrons. The number of nitrogens with zero attached hydrogens (tertiary/aromatic N) is 1. The Morgan fingerprint density at radius 2 is 1.91 bits per heavy atom. The third kappa shape index (κ3) is 3.87. The van der Waals surface area contributed by atoms with Gasteiger partial charge in [-0.25, -0.2) is 8.42 Å². The van der Waals surface area contributed by atoms with Gasteiger partial charge in [0.25, 0.3) is 11.5 Å². The first-order valence-electron chi connectivity index (χ1n) is 7.05. The van der Waals surface area contributed by atoms with Crippen LogP contribution in [0, 0.1) is 6.92 Å². The number of rotatable bonds is 4. The van der Waals surface area contributed by atoms with E-state index in [1.54, 1.807) is 19.2 Å². The molecule has 1 aromatic carbocycles. The Labute approximate surface area is 134 Å². The van der Waals surface area contributed by atoms with Crippen LogP contribution < -0.4 is 10.9 Å². The quantitative estimate of drug-likeness (QED) is 0.924. The van der Waals surface area contributed by atoms with Gasteiger partial charge in [-0.3, -0.25) is 9.59 Å². The van der Waals surface area contributed by atoms with Gasteiger partial charge in [0.05, 0.1) is 10.6 Å². The van der Waals surface area contributed by atoms with Gasteiger partial charge in [0, 0.05) is 30.6 Å². The molecule has 0 aliphatic heterocycles. The summed E-state index contributed by atoms with van der Waals surface area (Å²) in [4.78, 5) is 24.0. The molecule has 0 fully saturated rings. The van der Waals surface area contributed by atoms with Crippen LogP contribution >= 0.6 is 0 Å². The monoisotopic (exact) mass is 334 g/mol. The van der Waals surface area contributed by atoms with E-state index in [0.717, 1.165) is 6.26 Å². The second-order valence-electron chi connectivity index (χ2n) is 5.25. The summed E-state index contributed by atoms with van der Waals surface area (Å²) in [5.74, 6) is -0.422. The number of amides is 1. The maximum Gasteiger partial charge on any atom is 0.256 e. The van der Waals surface area contributed by atoms with E-state index >= 15 is 0 Å². The zero-order valence-corrected chi connectivity index (χ0v) is 14.0. The number of hydrogen-bond donors (Lipinski definition) is 1. The van der Waals surface area contributed by atoms with Crippen LogP contribution in [0.1, 0.15) is 22.8 Å². The number of aryl methyl sites for hydroxylation is 2. The molecule has 0 bridgehead atoms. The van der Waals surface area contributed by atoms with Crippen LogP contribution in [0.25, 0.3) is 0 Å². The lowest BCUT2D eigenvalue weighted by Crippen LogP contribution is -2.20. The van der Waals surface area contributed by atoms with Crippen LogP contribution in [0.15, 0.2) is 46.2 Å². The predicted molar refractivity (Wildman–Crippen MR) is 88.6 cm³/mol. The number of aromatic nitrogens is 1. The summed E-state index contributed by atoms with van der Waals surface area (Å²) in [6, 6.07) is 7.31. The van der Waals surface area contributed by atoms with Crippen molar-refractivity contribution < 1.29 is 13.2 Å². The van der Waals surface area contributed by atoms with Crippen molar-refractivity contribution in [1.29, 1.82) is 0 Å². The SMILES string of the molecule is CCn1cc(NC(=O)c2cc(S(C)(=O)=O)ccc2C)ccc1=O. The fourth-order valence-electron chi connectivity index (χ4n) is 2.13. The number of anilines is 1. The van der Waals surface area contributed by atoms with E-state index in [9.17, 15) is 18.0 Å². The van der Waals surface area contributed by atoms with E-state index in [1.807, 2.05) is 6.92 Å². The Hall–Kier alpha value is -2.41. The van der Waals surface area contributed by atoms with Gasteiger partial charge in [-0.05, 0) is 37.6 Å². The van der Waals surface area contributed by atoms with Crippen molar-refractivity contribution in [3.8, 4) is 0 Å². The number of nitrogens with one attached hydrogen (secondary N) is 1. The number of pyridine rings is 1. The van der Waals surface area contributed by atoms with Gasteiger partial charge in [-0.1, -0.05) is 6.07 Å². The van der Waals surface area contributed by atoms with Crippen molar-refractivity contribution in [3.05, 3.63) is 58.0 Å². The smallest absolute Gasteiger partial charge is 0.256 e. The zero-order chi connectivity index (χ0) is 17.2. The lowest BCUT2D eigenvalue weighted by molar-refractivity contribution is 0.102. The summed E-state index contributed by atoms with van der Waals surface area (Å²) in [5.41, 5.74) is 1.27. The lowest BCUT2D eigenvalue weighted by Gasteiger charge is -2.10. The molecule has 23 heavy (non-hydrogen) atoms. The van der Waals surface area contributed by atoms with Crippen LogP contribution in [0.4, 0.5) is 5.69 Å². The maximum absolute atomic E-state index is 12.4. The molecular weight excluding hydrogens is 316 g/mol. The number of carbonyl (C=O) groups excluding carboxylic acids is 1. The largest absolute Gasteiger partial charge is 0.321 e. The molecule has 1 amide bonds. The minimum absolute atomic E-state index is 0.0896. The minimum Gasteiger partial charge on any atom is -0.321 e. The molecule has 1 N–H and O–H groups in total. The van der Waals surface area contributed by atoms with Gasteiger partial charge in [0.2, 0.25) is 0 Å². The Bertz CT molecular complexity index is 914. The molecule has 1 heterocycles. The summed E-state index contributed by atoms with van der Waals surface area (Å²) >= 11 is 0. The van der Waals surface area contributed by atoms with Crippen LogP contribution in [0.3, 0.4) is 0 Å². The van der Waals surface area contributed by atoms with Crippen molar-refractivity contribution in [2.75, 3.05) is 11.6 Å². The first-order chi connectivity index (χ1) is 10.7. The molecule has 0 aliphatic rings. The van der Waals surface area contributed by atoms with Gasteiger partial charge in [-0.15, -0.1) is 0 Å². The molecule has 0 atom stereocenters. The second kappa shape index (κ2) is 6.37. The van der Waals surface area contributed by atoms with Crippen molar-refractivity contribution in [1.82, 2.24) is 4.57 Å². The number of carbonyl (C=O) groups is 1. The highest BCUT2D eigenvalue weighted by molar-refractivity contribution is 7.90. The molecule has 0 unspecified atom stereocenters. The average molecular weight is 334 g/mol. The van der Waals surface area contributed by atoms with Crippen molar-refractivity contribution >= 4 is 21.4 Å². The number of benzene rings is 1. The van der Waals surface area contributed by atoms with E-state index in [-0.39, 0.29) is 16.0 Å². The van der Waals surface area contributed by atoms with E-state index < -0.39 is 15.7 Å². The van der Waals surface area contributed by atoms with Crippen LogP contribution in [0.2, 0.25) is 0 Å². The molecule has 122 valence electrons. The first kappa shape index (κ1) is 17.0. The zero-order valence-electron chi connectivity index (χ0n) is 13.2. The second-order valence-corrected chi connectivity index (χ2v) is 7.26. The van der Waals surface area contributed by atoms with Crippen molar-refractivity contribution in [2.45, 2.75) is 25.3 Å². The summed E-state index contributed by atoms with van der Waals surface area (Å²) in [5, 5.41) is 2.69. The fraction of sp³-hybridized carbons (Fsp3) is 0.250. The topological polar surface area (TPSA) is 85.2 Å². The van der Waals surface area contributed by atoms with E-state index in [0.29, 0.717) is 17.8 Å². The highest BCUT2D eigenvalue weighted by Gasteiger charge is 2.15. The highest BCUT2D eigenvalue weighted by atomic mass is 32.2. The third-order valence-corrected chi connectivity index (χ3v) is 4.57. The molecule has 0 saturated heterocycles. The predicted octanol–water partition coefficient (Wildman–Crippen LogP) is 1.83. The molecular formula is C16H18N2O4S. The standard InChI is InChI=1S/C16H18N2O4S/c1-4-18-10-12(6-8-15(18)19)17-16(20)14-9-13(23(3,21)22)7-5-11(14)2/h5-10H,4H2,1-3H3,(H,17,20). The first-order valence-corrected chi connectivity index (χ1v) is 8.94. The summed E-state index contributed by atoms with van der Waals surface area (Å²) in [7, 11) is -3.39. The van der Waals surface area contributed by atoms with Gasteiger partial charge >= 0.3 is 0 Å². The van der Waals surface area contributed by atoms with Crippen LogP contribution in [0.5, 0.6) is 0 Å². The molecule has 7 heteroatoms. The lowest BCUT2D eigenvalue weighted by atomic mass is 10.1. The molecule has 0 spiro atoms. The maximum atomic E-state index is 12.4. The van der Waals surface area contributed by atoms with E-state index in [2.05, 4.69) is 5.32 Å². The molecule has 2 aromatic rings. The Kier molecular flexibility index (Phi) is 4.70. The van der Waals surface area contributed by atoms with Gasteiger partial charge in [0.15, 0.2) is 9.84 Å². The Morgan fingerprint density at radius 3 is 2.52 bits per heavy atom. The minimum atomic E-state index is -3.39. The number of hydrogen-bond acceptors (Lipinski definition) is 4. The number of sulfone groups is 1. The molecule has 2 rings (SSSR count). The van der Waals surface area contributed by atoms with Crippen LogP contribution in [-0.4, -0.2) is 25.1 Å². The molecule has 0 aliphatic carbocycles. The van der Waals surface area contributed by atoms with E-state index in [4.69, 9.17) is 0 Å². The molecule has 0 saturated carbocycles.